The largest absolute Gasteiger partial charge is 0.479 e. The number of aryl methyl sites for hydroxylation is 1. The van der Waals surface area contributed by atoms with E-state index in [9.17, 15) is 8.42 Å². The van der Waals surface area contributed by atoms with Crippen molar-refractivity contribution in [1.82, 2.24) is 9.71 Å². The first-order valence-corrected chi connectivity index (χ1v) is 10.2. The molecule has 3 rings (SSSR count). The van der Waals surface area contributed by atoms with Gasteiger partial charge in [-0.15, -0.1) is 0 Å². The van der Waals surface area contributed by atoms with Crippen LogP contribution in [-0.4, -0.2) is 26.6 Å². The molecule has 1 aromatic heterocycles. The second kappa shape index (κ2) is 9.18. The van der Waals surface area contributed by atoms with E-state index in [1.807, 2.05) is 61.5 Å². The standard InChI is InChI=1S/C22H20N2O3S/c1-18-9-11-19(12-10-18)13-17-28(25,26)24-15-2-3-16-27-21-8-4-6-20-7-5-14-23-22(20)21/h4-14,17,24H,15-16H2,1H3/b17-13+. The lowest BCUT2D eigenvalue weighted by Gasteiger charge is -2.05. The van der Waals surface area contributed by atoms with Gasteiger partial charge in [-0.1, -0.05) is 59.9 Å². The van der Waals surface area contributed by atoms with Crippen molar-refractivity contribution in [2.75, 3.05) is 13.2 Å². The molecule has 142 valence electrons. The molecule has 0 fully saturated rings. The number of hydrogen-bond acceptors (Lipinski definition) is 4. The highest BCUT2D eigenvalue weighted by Gasteiger charge is 2.03. The topological polar surface area (TPSA) is 68.3 Å². The molecule has 0 amide bonds. The summed E-state index contributed by atoms with van der Waals surface area (Å²) in [6.07, 6.45) is 3.26. The zero-order valence-electron chi connectivity index (χ0n) is 15.4. The summed E-state index contributed by atoms with van der Waals surface area (Å²) in [6, 6.07) is 17.1. The van der Waals surface area contributed by atoms with Gasteiger partial charge in [0.05, 0.1) is 6.54 Å². The number of nitrogens with one attached hydrogen (secondary N) is 1. The summed E-state index contributed by atoms with van der Waals surface area (Å²) >= 11 is 0. The van der Waals surface area contributed by atoms with Crippen molar-refractivity contribution < 1.29 is 13.2 Å². The number of fused-ring (bicyclic) bond motifs is 1. The SMILES string of the molecule is Cc1ccc(/C=C/S(=O)(=O)NCC#CCOc2cccc3cccnc23)cc1. The molecule has 6 heteroatoms. The maximum Gasteiger partial charge on any atom is 0.234 e. The maximum absolute atomic E-state index is 12.0. The van der Waals surface area contributed by atoms with Crippen molar-refractivity contribution in [2.45, 2.75) is 6.92 Å². The van der Waals surface area contributed by atoms with Gasteiger partial charge in [-0.05, 0) is 30.7 Å². The lowest BCUT2D eigenvalue weighted by Crippen LogP contribution is -2.21. The first kappa shape index (κ1) is 19.6. The molecule has 0 saturated heterocycles. The molecule has 2 aromatic carbocycles. The summed E-state index contributed by atoms with van der Waals surface area (Å²) in [5.41, 5.74) is 2.71. The van der Waals surface area contributed by atoms with Crippen LogP contribution in [0.5, 0.6) is 5.75 Å². The average Bonchev–Trinajstić information content (AvgIpc) is 2.70. The van der Waals surface area contributed by atoms with Crippen LogP contribution >= 0.6 is 0 Å². The Kier molecular flexibility index (Phi) is 6.43. The van der Waals surface area contributed by atoms with E-state index in [1.165, 1.54) is 0 Å². The smallest absolute Gasteiger partial charge is 0.234 e. The van der Waals surface area contributed by atoms with E-state index in [0.29, 0.717) is 5.75 Å². The Morgan fingerprint density at radius 3 is 2.68 bits per heavy atom. The third-order valence-corrected chi connectivity index (χ3v) is 4.94. The molecule has 0 aliphatic heterocycles. The van der Waals surface area contributed by atoms with Gasteiger partial charge in [0.2, 0.25) is 10.0 Å². The van der Waals surface area contributed by atoms with Gasteiger partial charge in [-0.3, -0.25) is 4.98 Å². The van der Waals surface area contributed by atoms with Crippen molar-refractivity contribution in [3.8, 4) is 17.6 Å². The molecule has 0 radical (unpaired) electrons. The first-order chi connectivity index (χ1) is 13.5. The lowest BCUT2D eigenvalue weighted by atomic mass is 10.2. The maximum atomic E-state index is 12.0. The highest BCUT2D eigenvalue weighted by Crippen LogP contribution is 2.22. The highest BCUT2D eigenvalue weighted by molar-refractivity contribution is 7.92. The van der Waals surface area contributed by atoms with Crippen molar-refractivity contribution in [2.24, 2.45) is 0 Å². The van der Waals surface area contributed by atoms with E-state index in [0.717, 1.165) is 27.4 Å². The van der Waals surface area contributed by atoms with Crippen LogP contribution in [0.4, 0.5) is 0 Å². The fourth-order valence-corrected chi connectivity index (χ4v) is 3.16. The third-order valence-electron chi connectivity index (χ3n) is 3.90. The fraction of sp³-hybridized carbons (Fsp3) is 0.136. The van der Waals surface area contributed by atoms with Crippen LogP contribution in [-0.2, 0) is 10.0 Å². The second-order valence-corrected chi connectivity index (χ2v) is 7.70. The molecule has 3 aromatic rings. The van der Waals surface area contributed by atoms with Gasteiger partial charge < -0.3 is 4.74 Å². The highest BCUT2D eigenvalue weighted by atomic mass is 32.2. The summed E-state index contributed by atoms with van der Waals surface area (Å²) in [6.45, 7) is 2.14. The number of rotatable bonds is 6. The molecule has 0 aliphatic rings. The summed E-state index contributed by atoms with van der Waals surface area (Å²) < 4.78 is 32.0. The van der Waals surface area contributed by atoms with Crippen LogP contribution in [0.3, 0.4) is 0 Å². The Hall–Kier alpha value is -3.14. The van der Waals surface area contributed by atoms with Crippen LogP contribution in [0.25, 0.3) is 17.0 Å². The molecule has 28 heavy (non-hydrogen) atoms. The van der Waals surface area contributed by atoms with E-state index in [2.05, 4.69) is 21.5 Å². The van der Waals surface area contributed by atoms with Crippen LogP contribution in [0.1, 0.15) is 11.1 Å². The van der Waals surface area contributed by atoms with Gasteiger partial charge in [0.15, 0.2) is 0 Å². The number of pyridine rings is 1. The minimum Gasteiger partial charge on any atom is -0.479 e. The van der Waals surface area contributed by atoms with Gasteiger partial charge in [0.1, 0.15) is 17.9 Å². The van der Waals surface area contributed by atoms with Gasteiger partial charge >= 0.3 is 0 Å². The minimum atomic E-state index is -3.54. The summed E-state index contributed by atoms with van der Waals surface area (Å²) in [5.74, 6) is 6.19. The van der Waals surface area contributed by atoms with Crippen molar-refractivity contribution in [1.29, 1.82) is 0 Å². The Balaban J connectivity index is 1.50. The summed E-state index contributed by atoms with van der Waals surface area (Å²) in [4.78, 5) is 4.31. The van der Waals surface area contributed by atoms with Crippen molar-refractivity contribution >= 4 is 27.0 Å². The van der Waals surface area contributed by atoms with Crippen LogP contribution < -0.4 is 9.46 Å². The van der Waals surface area contributed by atoms with E-state index in [1.54, 1.807) is 12.3 Å². The number of aromatic nitrogens is 1. The molecule has 0 saturated carbocycles. The second-order valence-electron chi connectivity index (χ2n) is 6.05. The van der Waals surface area contributed by atoms with Gasteiger partial charge in [-0.2, -0.15) is 4.72 Å². The number of sulfonamides is 1. The van der Waals surface area contributed by atoms with Crippen LogP contribution in [0.15, 0.2) is 66.2 Å². The number of benzene rings is 2. The quantitative estimate of drug-likeness (QED) is 0.652. The predicted octanol–water partition coefficient (Wildman–Crippen LogP) is 3.52. The van der Waals surface area contributed by atoms with E-state index < -0.39 is 10.0 Å². The molecule has 0 bridgehead atoms. The number of para-hydroxylation sites is 1. The van der Waals surface area contributed by atoms with Gasteiger partial charge in [-0.25, -0.2) is 8.42 Å². The van der Waals surface area contributed by atoms with Crippen molar-refractivity contribution in [3.63, 3.8) is 0 Å². The molecule has 0 spiro atoms. The number of nitrogens with zero attached hydrogens (tertiary/aromatic N) is 1. The fourth-order valence-electron chi connectivity index (χ4n) is 2.45. The Morgan fingerprint density at radius 2 is 1.86 bits per heavy atom. The average molecular weight is 392 g/mol. The molecule has 0 atom stereocenters. The lowest BCUT2D eigenvalue weighted by molar-refractivity contribution is 0.374. The van der Waals surface area contributed by atoms with E-state index in [4.69, 9.17) is 4.74 Å². The van der Waals surface area contributed by atoms with Crippen LogP contribution in [0, 0.1) is 18.8 Å². The third kappa shape index (κ3) is 5.68. The first-order valence-electron chi connectivity index (χ1n) is 8.70. The molecular formula is C22H20N2O3S. The zero-order valence-corrected chi connectivity index (χ0v) is 16.2. The molecule has 0 unspecified atom stereocenters. The summed E-state index contributed by atoms with van der Waals surface area (Å²) in [5, 5.41) is 2.12. The monoisotopic (exact) mass is 392 g/mol. The molecular weight excluding hydrogens is 372 g/mol. The van der Waals surface area contributed by atoms with Crippen molar-refractivity contribution in [3.05, 3.63) is 77.3 Å². The molecule has 1 heterocycles. The summed E-state index contributed by atoms with van der Waals surface area (Å²) in [7, 11) is -3.54. The molecule has 0 aliphatic carbocycles. The van der Waals surface area contributed by atoms with E-state index in [-0.39, 0.29) is 13.2 Å². The number of ether oxygens (including phenoxy) is 1. The minimum absolute atomic E-state index is 0.0116. The van der Waals surface area contributed by atoms with Crippen LogP contribution in [0.2, 0.25) is 0 Å². The predicted molar refractivity (Wildman–Crippen MR) is 112 cm³/mol. The van der Waals surface area contributed by atoms with E-state index >= 15 is 0 Å². The van der Waals surface area contributed by atoms with Gasteiger partial charge in [0, 0.05) is 17.0 Å². The Labute approximate surface area is 165 Å². The Bertz CT molecular complexity index is 1140. The molecule has 1 N–H and O–H groups in total. The Morgan fingerprint density at radius 1 is 1.07 bits per heavy atom. The zero-order chi connectivity index (χ0) is 19.8. The number of hydrogen-bond donors (Lipinski definition) is 1. The molecule has 5 nitrogen and oxygen atoms in total. The normalized spacial score (nSPS) is 11.3. The van der Waals surface area contributed by atoms with Gasteiger partial charge in [0.25, 0.3) is 0 Å².